The number of nitrogens with zero attached hydrogens (tertiary/aromatic N) is 2. The van der Waals surface area contributed by atoms with Crippen LogP contribution >= 0.6 is 11.6 Å². The van der Waals surface area contributed by atoms with Crippen LogP contribution in [0.4, 0.5) is 0 Å². The van der Waals surface area contributed by atoms with Crippen LogP contribution < -0.4 is 5.32 Å². The second-order valence-electron chi connectivity index (χ2n) is 4.70. The average Bonchev–Trinajstić information content (AvgIpc) is 2.77. The fraction of sp³-hybridized carbons (Fsp3) is 0.667. The number of halogens is 1. The van der Waals surface area contributed by atoms with Crippen molar-refractivity contribution >= 4 is 17.5 Å². The number of rotatable bonds is 3. The number of alkyl halides is 1. The van der Waals surface area contributed by atoms with E-state index in [2.05, 4.69) is 10.3 Å². The molecule has 1 heterocycles. The molecule has 4 nitrogen and oxygen atoms in total. The Bertz CT molecular complexity index is 391. The Balaban J connectivity index is 1.97. The lowest BCUT2D eigenvalue weighted by atomic mass is 9.86. The number of carbonyl (C=O) groups excluding carboxylic acids is 1. The number of amides is 1. The largest absolute Gasteiger partial charge is 0.348 e. The van der Waals surface area contributed by atoms with E-state index in [4.69, 9.17) is 11.6 Å². The van der Waals surface area contributed by atoms with Crippen molar-refractivity contribution in [2.24, 2.45) is 13.0 Å². The molecule has 1 aliphatic carbocycles. The zero-order valence-corrected chi connectivity index (χ0v) is 10.8. The predicted molar refractivity (Wildman–Crippen MR) is 67.1 cm³/mol. The average molecular weight is 256 g/mol. The topological polar surface area (TPSA) is 46.9 Å². The Kier molecular flexibility index (Phi) is 4.05. The van der Waals surface area contributed by atoms with Gasteiger partial charge >= 0.3 is 0 Å². The van der Waals surface area contributed by atoms with Crippen molar-refractivity contribution in [3.05, 3.63) is 18.2 Å². The van der Waals surface area contributed by atoms with Crippen LogP contribution in [0.15, 0.2) is 12.5 Å². The van der Waals surface area contributed by atoms with Gasteiger partial charge in [-0.25, -0.2) is 4.98 Å². The molecule has 0 aromatic carbocycles. The number of hydrogen-bond donors (Lipinski definition) is 1. The molecular weight excluding hydrogens is 238 g/mol. The first kappa shape index (κ1) is 12.4. The Hall–Kier alpha value is -1.03. The normalized spacial score (nSPS) is 24.6. The van der Waals surface area contributed by atoms with E-state index in [1.807, 2.05) is 7.05 Å². The van der Waals surface area contributed by atoms with Crippen molar-refractivity contribution in [2.75, 3.05) is 5.88 Å². The van der Waals surface area contributed by atoms with Gasteiger partial charge in [0.1, 0.15) is 5.69 Å². The van der Waals surface area contributed by atoms with E-state index < -0.39 is 0 Å². The third-order valence-corrected chi connectivity index (χ3v) is 3.76. The first-order valence-electron chi connectivity index (χ1n) is 6.05. The molecule has 1 aromatic heterocycles. The smallest absolute Gasteiger partial charge is 0.271 e. The standard InChI is InChI=1S/C12H18ClN3O/c1-16-7-11(14-8-16)12(17)15-10-5-3-2-4-9(10)6-13/h7-10H,2-6H2,1H3,(H,15,17). The second-order valence-corrected chi connectivity index (χ2v) is 5.01. The summed E-state index contributed by atoms with van der Waals surface area (Å²) in [5, 5.41) is 3.05. The minimum atomic E-state index is -0.0902. The molecule has 0 spiro atoms. The van der Waals surface area contributed by atoms with Crippen molar-refractivity contribution < 1.29 is 4.79 Å². The Morgan fingerprint density at radius 3 is 3.00 bits per heavy atom. The molecule has 17 heavy (non-hydrogen) atoms. The highest BCUT2D eigenvalue weighted by atomic mass is 35.5. The number of nitrogens with one attached hydrogen (secondary N) is 1. The van der Waals surface area contributed by atoms with Crippen molar-refractivity contribution in [2.45, 2.75) is 31.7 Å². The molecule has 0 bridgehead atoms. The molecule has 0 radical (unpaired) electrons. The van der Waals surface area contributed by atoms with Crippen LogP contribution in [0.2, 0.25) is 0 Å². The monoisotopic (exact) mass is 255 g/mol. The van der Waals surface area contributed by atoms with Crippen molar-refractivity contribution in [3.63, 3.8) is 0 Å². The van der Waals surface area contributed by atoms with Gasteiger partial charge in [0, 0.05) is 25.2 Å². The molecular formula is C12H18ClN3O. The summed E-state index contributed by atoms with van der Waals surface area (Å²) in [5.41, 5.74) is 0.478. The minimum Gasteiger partial charge on any atom is -0.348 e. The molecule has 5 heteroatoms. The lowest BCUT2D eigenvalue weighted by Gasteiger charge is -2.30. The molecule has 2 rings (SSSR count). The van der Waals surface area contributed by atoms with Gasteiger partial charge in [-0.05, 0) is 18.8 Å². The van der Waals surface area contributed by atoms with Crippen molar-refractivity contribution in [1.29, 1.82) is 0 Å². The molecule has 0 aliphatic heterocycles. The zero-order chi connectivity index (χ0) is 12.3. The van der Waals surface area contributed by atoms with E-state index in [0.29, 0.717) is 17.5 Å². The van der Waals surface area contributed by atoms with Crippen LogP contribution in [-0.2, 0) is 7.05 Å². The number of hydrogen-bond acceptors (Lipinski definition) is 2. The highest BCUT2D eigenvalue weighted by Crippen LogP contribution is 2.25. The lowest BCUT2D eigenvalue weighted by molar-refractivity contribution is 0.0906. The van der Waals surface area contributed by atoms with Crippen LogP contribution in [0, 0.1) is 5.92 Å². The number of carbonyl (C=O) groups is 1. The lowest BCUT2D eigenvalue weighted by Crippen LogP contribution is -2.42. The summed E-state index contributed by atoms with van der Waals surface area (Å²) in [7, 11) is 1.85. The summed E-state index contributed by atoms with van der Waals surface area (Å²) < 4.78 is 1.77. The zero-order valence-electron chi connectivity index (χ0n) is 10.0. The van der Waals surface area contributed by atoms with Gasteiger partial charge in [-0.1, -0.05) is 12.8 Å². The van der Waals surface area contributed by atoms with Crippen LogP contribution in [-0.4, -0.2) is 27.4 Å². The molecule has 1 fully saturated rings. The van der Waals surface area contributed by atoms with Crippen LogP contribution in [0.1, 0.15) is 36.2 Å². The molecule has 1 N–H and O–H groups in total. The summed E-state index contributed by atoms with van der Waals surface area (Å²) in [6.07, 6.45) is 7.88. The Morgan fingerprint density at radius 2 is 2.35 bits per heavy atom. The van der Waals surface area contributed by atoms with E-state index in [9.17, 15) is 4.79 Å². The summed E-state index contributed by atoms with van der Waals surface area (Å²) in [4.78, 5) is 16.0. The van der Waals surface area contributed by atoms with E-state index in [1.165, 1.54) is 12.8 Å². The molecule has 94 valence electrons. The quantitative estimate of drug-likeness (QED) is 0.840. The SMILES string of the molecule is Cn1cnc(C(=O)NC2CCCCC2CCl)c1. The number of imidazole rings is 1. The first-order valence-corrected chi connectivity index (χ1v) is 6.59. The van der Waals surface area contributed by atoms with Crippen molar-refractivity contribution in [1.82, 2.24) is 14.9 Å². The number of aryl methyl sites for hydroxylation is 1. The van der Waals surface area contributed by atoms with E-state index in [0.717, 1.165) is 12.8 Å². The predicted octanol–water partition coefficient (Wildman–Crippen LogP) is 1.95. The van der Waals surface area contributed by atoms with E-state index in [1.54, 1.807) is 17.1 Å². The van der Waals surface area contributed by atoms with Crippen LogP contribution in [0.5, 0.6) is 0 Å². The van der Waals surface area contributed by atoms with Gasteiger partial charge in [0.05, 0.1) is 6.33 Å². The molecule has 1 aliphatic rings. The summed E-state index contributed by atoms with van der Waals surface area (Å²) >= 11 is 5.94. The molecule has 0 saturated heterocycles. The maximum Gasteiger partial charge on any atom is 0.271 e. The van der Waals surface area contributed by atoms with Gasteiger partial charge in [0.25, 0.3) is 5.91 Å². The molecule has 1 amide bonds. The fourth-order valence-electron chi connectivity index (χ4n) is 2.35. The Labute approximate surface area is 106 Å². The van der Waals surface area contributed by atoms with Crippen molar-refractivity contribution in [3.8, 4) is 0 Å². The summed E-state index contributed by atoms with van der Waals surface area (Å²) in [6, 6.07) is 0.204. The molecule has 1 saturated carbocycles. The first-order chi connectivity index (χ1) is 8.20. The highest BCUT2D eigenvalue weighted by molar-refractivity contribution is 6.18. The van der Waals surface area contributed by atoms with Crippen LogP contribution in [0.3, 0.4) is 0 Å². The summed E-state index contributed by atoms with van der Waals surface area (Å²) in [6.45, 7) is 0. The number of aromatic nitrogens is 2. The highest BCUT2D eigenvalue weighted by Gasteiger charge is 2.26. The van der Waals surface area contributed by atoms with Gasteiger partial charge < -0.3 is 9.88 Å². The van der Waals surface area contributed by atoms with Gasteiger partial charge in [-0.3, -0.25) is 4.79 Å². The Morgan fingerprint density at radius 1 is 1.59 bits per heavy atom. The molecule has 1 aromatic rings. The fourth-order valence-corrected chi connectivity index (χ4v) is 2.72. The van der Waals surface area contributed by atoms with Gasteiger partial charge in [0.2, 0.25) is 0 Å². The third kappa shape index (κ3) is 3.00. The van der Waals surface area contributed by atoms with Gasteiger partial charge in [-0.15, -0.1) is 11.6 Å². The molecule has 2 atom stereocenters. The molecule has 2 unspecified atom stereocenters. The van der Waals surface area contributed by atoms with E-state index in [-0.39, 0.29) is 11.9 Å². The maximum atomic E-state index is 12.0. The van der Waals surface area contributed by atoms with Gasteiger partial charge in [0.15, 0.2) is 0 Å². The third-order valence-electron chi connectivity index (χ3n) is 3.36. The minimum absolute atomic E-state index is 0.0902. The summed E-state index contributed by atoms with van der Waals surface area (Å²) in [5.74, 6) is 0.929. The second kappa shape index (κ2) is 5.54. The maximum absolute atomic E-state index is 12.0. The van der Waals surface area contributed by atoms with Crippen LogP contribution in [0.25, 0.3) is 0 Å². The van der Waals surface area contributed by atoms with E-state index >= 15 is 0 Å². The van der Waals surface area contributed by atoms with Gasteiger partial charge in [-0.2, -0.15) is 0 Å².